The SMILES string of the molecule is CCc1ccc(CNC(=NC)NCC2CCCN(C(C)C)C2)s1. The average molecular weight is 337 g/mol. The van der Waals surface area contributed by atoms with Crippen molar-refractivity contribution >= 4 is 17.3 Å². The van der Waals surface area contributed by atoms with Crippen LogP contribution in [0.3, 0.4) is 0 Å². The molecule has 0 spiro atoms. The molecule has 1 aromatic rings. The van der Waals surface area contributed by atoms with Gasteiger partial charge < -0.3 is 15.5 Å². The maximum atomic E-state index is 4.35. The van der Waals surface area contributed by atoms with Gasteiger partial charge in [0.2, 0.25) is 0 Å². The van der Waals surface area contributed by atoms with Crippen molar-refractivity contribution in [3.63, 3.8) is 0 Å². The van der Waals surface area contributed by atoms with Gasteiger partial charge in [0, 0.05) is 35.9 Å². The fourth-order valence-corrected chi connectivity index (χ4v) is 3.97. The van der Waals surface area contributed by atoms with E-state index < -0.39 is 0 Å². The van der Waals surface area contributed by atoms with Gasteiger partial charge in [0.1, 0.15) is 0 Å². The number of nitrogens with one attached hydrogen (secondary N) is 2. The predicted molar refractivity (Wildman–Crippen MR) is 101 cm³/mol. The van der Waals surface area contributed by atoms with Crippen LogP contribution in [-0.4, -0.2) is 43.6 Å². The third-order valence-corrected chi connectivity index (χ3v) is 5.79. The minimum absolute atomic E-state index is 0.654. The normalized spacial score (nSPS) is 20.0. The molecule has 1 fully saturated rings. The van der Waals surface area contributed by atoms with Crippen LogP contribution in [0.4, 0.5) is 0 Å². The Morgan fingerprint density at radius 2 is 2.13 bits per heavy atom. The topological polar surface area (TPSA) is 39.7 Å². The third-order valence-electron chi connectivity index (χ3n) is 4.56. The van der Waals surface area contributed by atoms with E-state index in [1.807, 2.05) is 18.4 Å². The molecule has 1 atom stereocenters. The molecule has 2 N–H and O–H groups in total. The first-order valence-corrected chi connectivity index (χ1v) is 9.70. The first-order valence-electron chi connectivity index (χ1n) is 8.88. The zero-order valence-electron chi connectivity index (χ0n) is 15.1. The van der Waals surface area contributed by atoms with Crippen LogP contribution in [0, 0.1) is 5.92 Å². The van der Waals surface area contributed by atoms with Crippen molar-refractivity contribution in [2.75, 3.05) is 26.7 Å². The van der Waals surface area contributed by atoms with Gasteiger partial charge in [0.15, 0.2) is 5.96 Å². The molecule has 1 aliphatic rings. The first kappa shape index (κ1) is 18.3. The van der Waals surface area contributed by atoms with Gasteiger partial charge in [0.05, 0.1) is 6.54 Å². The van der Waals surface area contributed by atoms with Crippen LogP contribution in [0.5, 0.6) is 0 Å². The lowest BCUT2D eigenvalue weighted by molar-refractivity contribution is 0.141. The quantitative estimate of drug-likeness (QED) is 0.619. The van der Waals surface area contributed by atoms with E-state index in [4.69, 9.17) is 0 Å². The molecule has 1 aromatic heterocycles. The Kier molecular flexibility index (Phi) is 7.37. The van der Waals surface area contributed by atoms with E-state index in [1.165, 1.54) is 35.7 Å². The molecule has 0 aromatic carbocycles. The average Bonchev–Trinajstić information content (AvgIpc) is 3.03. The van der Waals surface area contributed by atoms with Crippen molar-refractivity contribution in [1.82, 2.24) is 15.5 Å². The number of guanidine groups is 1. The van der Waals surface area contributed by atoms with Crippen molar-refractivity contribution in [3.8, 4) is 0 Å². The number of likely N-dealkylation sites (tertiary alicyclic amines) is 1. The zero-order chi connectivity index (χ0) is 16.7. The number of hydrogen-bond acceptors (Lipinski definition) is 3. The Balaban J connectivity index is 1.74. The summed E-state index contributed by atoms with van der Waals surface area (Å²) in [5, 5.41) is 6.94. The summed E-state index contributed by atoms with van der Waals surface area (Å²) >= 11 is 1.88. The van der Waals surface area contributed by atoms with E-state index in [2.05, 4.69) is 53.4 Å². The van der Waals surface area contributed by atoms with Gasteiger partial charge in [0.25, 0.3) is 0 Å². The summed E-state index contributed by atoms with van der Waals surface area (Å²) in [7, 11) is 1.85. The fourth-order valence-electron chi connectivity index (χ4n) is 3.07. The van der Waals surface area contributed by atoms with Gasteiger partial charge in [-0.3, -0.25) is 4.99 Å². The molecule has 0 amide bonds. The van der Waals surface area contributed by atoms with Crippen molar-refractivity contribution in [1.29, 1.82) is 0 Å². The van der Waals surface area contributed by atoms with E-state index in [1.54, 1.807) is 0 Å². The Morgan fingerprint density at radius 3 is 2.78 bits per heavy atom. The Labute approximate surface area is 145 Å². The largest absolute Gasteiger partial charge is 0.356 e. The van der Waals surface area contributed by atoms with Crippen molar-refractivity contribution < 1.29 is 0 Å². The zero-order valence-corrected chi connectivity index (χ0v) is 15.9. The van der Waals surface area contributed by atoms with Gasteiger partial charge in [-0.1, -0.05) is 6.92 Å². The maximum Gasteiger partial charge on any atom is 0.191 e. The first-order chi connectivity index (χ1) is 11.1. The molecule has 0 saturated carbocycles. The molecular weight excluding hydrogens is 304 g/mol. The van der Waals surface area contributed by atoms with E-state index in [9.17, 15) is 0 Å². The van der Waals surface area contributed by atoms with Gasteiger partial charge in [-0.15, -0.1) is 11.3 Å². The van der Waals surface area contributed by atoms with Crippen molar-refractivity contribution in [2.45, 2.75) is 52.6 Å². The van der Waals surface area contributed by atoms with Crippen LogP contribution >= 0.6 is 11.3 Å². The van der Waals surface area contributed by atoms with Crippen LogP contribution in [-0.2, 0) is 13.0 Å². The van der Waals surface area contributed by atoms with Gasteiger partial charge >= 0.3 is 0 Å². The molecule has 23 heavy (non-hydrogen) atoms. The molecule has 1 aliphatic heterocycles. The molecule has 5 heteroatoms. The molecule has 1 unspecified atom stereocenters. The van der Waals surface area contributed by atoms with Crippen LogP contribution in [0.15, 0.2) is 17.1 Å². The van der Waals surface area contributed by atoms with Gasteiger partial charge in [-0.2, -0.15) is 0 Å². The van der Waals surface area contributed by atoms with E-state index in [-0.39, 0.29) is 0 Å². The molecular formula is C18H32N4S. The highest BCUT2D eigenvalue weighted by Gasteiger charge is 2.21. The molecule has 2 heterocycles. The lowest BCUT2D eigenvalue weighted by Gasteiger charge is -2.35. The molecule has 2 rings (SSSR count). The lowest BCUT2D eigenvalue weighted by atomic mass is 9.97. The van der Waals surface area contributed by atoms with E-state index in [0.717, 1.165) is 31.4 Å². The van der Waals surface area contributed by atoms with Gasteiger partial charge in [-0.05, 0) is 57.7 Å². The van der Waals surface area contributed by atoms with E-state index >= 15 is 0 Å². The number of nitrogens with zero attached hydrogens (tertiary/aromatic N) is 2. The number of hydrogen-bond donors (Lipinski definition) is 2. The molecule has 0 bridgehead atoms. The minimum atomic E-state index is 0.654. The highest BCUT2D eigenvalue weighted by atomic mass is 32.1. The highest BCUT2D eigenvalue weighted by Crippen LogP contribution is 2.18. The minimum Gasteiger partial charge on any atom is -0.356 e. The fraction of sp³-hybridized carbons (Fsp3) is 0.722. The van der Waals surface area contributed by atoms with Crippen LogP contribution in [0.25, 0.3) is 0 Å². The molecule has 130 valence electrons. The summed E-state index contributed by atoms with van der Waals surface area (Å²) in [6, 6.07) is 5.09. The van der Waals surface area contributed by atoms with Gasteiger partial charge in [-0.25, -0.2) is 0 Å². The summed E-state index contributed by atoms with van der Waals surface area (Å²) in [5.74, 6) is 1.64. The Morgan fingerprint density at radius 1 is 1.35 bits per heavy atom. The standard InChI is InChI=1S/C18H32N4S/c1-5-16-8-9-17(23-16)12-21-18(19-4)20-11-15-7-6-10-22(13-15)14(2)3/h8-9,14-15H,5-7,10-13H2,1-4H3,(H2,19,20,21). The Bertz CT molecular complexity index is 495. The third kappa shape index (κ3) is 5.81. The molecule has 0 radical (unpaired) electrons. The lowest BCUT2D eigenvalue weighted by Crippen LogP contribution is -2.45. The van der Waals surface area contributed by atoms with Crippen LogP contribution < -0.4 is 10.6 Å². The second-order valence-electron chi connectivity index (χ2n) is 6.63. The summed E-state index contributed by atoms with van der Waals surface area (Å²) in [5.41, 5.74) is 0. The van der Waals surface area contributed by atoms with Crippen LogP contribution in [0.1, 0.15) is 43.4 Å². The molecule has 0 aliphatic carbocycles. The van der Waals surface area contributed by atoms with E-state index in [0.29, 0.717) is 6.04 Å². The number of aliphatic imine (C=N–C) groups is 1. The summed E-state index contributed by atoms with van der Waals surface area (Å²) in [6.45, 7) is 11.1. The molecule has 1 saturated heterocycles. The highest BCUT2D eigenvalue weighted by molar-refractivity contribution is 7.11. The summed E-state index contributed by atoms with van der Waals surface area (Å²) < 4.78 is 0. The smallest absolute Gasteiger partial charge is 0.191 e. The summed E-state index contributed by atoms with van der Waals surface area (Å²) in [6.07, 6.45) is 3.75. The number of aryl methyl sites for hydroxylation is 1. The molecule has 4 nitrogen and oxygen atoms in total. The number of piperidine rings is 1. The number of rotatable bonds is 6. The van der Waals surface area contributed by atoms with Crippen molar-refractivity contribution in [2.24, 2.45) is 10.9 Å². The monoisotopic (exact) mass is 336 g/mol. The Hall–Kier alpha value is -1.07. The predicted octanol–water partition coefficient (Wildman–Crippen LogP) is 3.10. The second-order valence-corrected chi connectivity index (χ2v) is 7.88. The van der Waals surface area contributed by atoms with Crippen molar-refractivity contribution in [3.05, 3.63) is 21.9 Å². The summed E-state index contributed by atoms with van der Waals surface area (Å²) in [4.78, 5) is 9.76. The van der Waals surface area contributed by atoms with Crippen LogP contribution in [0.2, 0.25) is 0 Å². The number of thiophene rings is 1. The second kappa shape index (κ2) is 9.28. The maximum absolute atomic E-state index is 4.35.